The molecule has 0 radical (unpaired) electrons. The maximum atomic E-state index is 10.9. The van der Waals surface area contributed by atoms with Gasteiger partial charge in [-0.1, -0.05) is 28.4 Å². The van der Waals surface area contributed by atoms with Crippen molar-refractivity contribution in [2.45, 2.75) is 13.1 Å². The quantitative estimate of drug-likeness (QED) is 0.837. The van der Waals surface area contributed by atoms with Gasteiger partial charge in [0.25, 0.3) is 0 Å². The van der Waals surface area contributed by atoms with Gasteiger partial charge < -0.3 is 15.6 Å². The fraction of sp³-hybridized carbons (Fsp3) is 0.250. The summed E-state index contributed by atoms with van der Waals surface area (Å²) in [6.07, 6.45) is 0. The number of carboxylic acids is 1. The van der Waals surface area contributed by atoms with Crippen LogP contribution < -0.4 is 10.5 Å². The average molecular weight is 331 g/mol. The molecular formula is C12H12Cl2N4O3. The van der Waals surface area contributed by atoms with E-state index in [0.29, 0.717) is 28.0 Å². The first kappa shape index (κ1) is 15.6. The molecule has 0 spiro atoms. The Morgan fingerprint density at radius 3 is 2.81 bits per heavy atom. The summed E-state index contributed by atoms with van der Waals surface area (Å²) in [4.78, 5) is 10.9. The van der Waals surface area contributed by atoms with Crippen molar-refractivity contribution in [1.82, 2.24) is 15.0 Å². The number of nitrogens with zero attached hydrogens (tertiary/aromatic N) is 3. The first-order chi connectivity index (χ1) is 10.0. The van der Waals surface area contributed by atoms with Crippen LogP contribution in [0.2, 0.25) is 10.0 Å². The Balaban J connectivity index is 2.02. The molecule has 21 heavy (non-hydrogen) atoms. The lowest BCUT2D eigenvalue weighted by Gasteiger charge is -2.09. The standard InChI is InChI=1S/C12H12Cl2N4O3/c13-7-1-2-10(8(14)5-7)21-4-3-18-9(6-15)11(12(19)20)16-17-18/h1-2,5H,3-4,6,15H2,(H,19,20). The molecule has 2 aromatic rings. The van der Waals surface area contributed by atoms with Crippen LogP contribution in [0.5, 0.6) is 5.75 Å². The molecule has 0 unspecified atom stereocenters. The number of aromatic carboxylic acids is 1. The van der Waals surface area contributed by atoms with Crippen LogP contribution in [-0.4, -0.2) is 32.7 Å². The summed E-state index contributed by atoms with van der Waals surface area (Å²) < 4.78 is 6.89. The molecule has 9 heteroatoms. The Bertz CT molecular complexity index is 660. The van der Waals surface area contributed by atoms with Crippen molar-refractivity contribution in [2.75, 3.05) is 6.61 Å². The van der Waals surface area contributed by atoms with Gasteiger partial charge in [0.2, 0.25) is 0 Å². The second-order valence-corrected chi connectivity index (χ2v) is 4.88. The van der Waals surface area contributed by atoms with E-state index in [4.69, 9.17) is 38.8 Å². The number of hydrogen-bond donors (Lipinski definition) is 2. The van der Waals surface area contributed by atoms with Crippen molar-refractivity contribution >= 4 is 29.2 Å². The van der Waals surface area contributed by atoms with Gasteiger partial charge in [-0.2, -0.15) is 0 Å². The SMILES string of the molecule is NCc1c(C(=O)O)nnn1CCOc1ccc(Cl)cc1Cl. The third-order valence-electron chi connectivity index (χ3n) is 2.69. The minimum Gasteiger partial charge on any atom is -0.490 e. The van der Waals surface area contributed by atoms with Crippen molar-refractivity contribution in [3.05, 3.63) is 39.6 Å². The molecule has 0 saturated heterocycles. The van der Waals surface area contributed by atoms with Crippen LogP contribution in [0.4, 0.5) is 0 Å². The number of nitrogens with two attached hydrogens (primary N) is 1. The smallest absolute Gasteiger partial charge is 0.358 e. The number of hydrogen-bond acceptors (Lipinski definition) is 5. The Labute approximate surface area is 130 Å². The van der Waals surface area contributed by atoms with Crippen LogP contribution >= 0.6 is 23.2 Å². The normalized spacial score (nSPS) is 10.6. The van der Waals surface area contributed by atoms with Crippen LogP contribution in [0.1, 0.15) is 16.2 Å². The fourth-order valence-corrected chi connectivity index (χ4v) is 2.18. The number of rotatable bonds is 6. The van der Waals surface area contributed by atoms with Crippen LogP contribution in [-0.2, 0) is 13.1 Å². The second-order valence-electron chi connectivity index (χ2n) is 4.04. The van der Waals surface area contributed by atoms with Crippen molar-refractivity contribution in [2.24, 2.45) is 5.73 Å². The van der Waals surface area contributed by atoms with Gasteiger partial charge >= 0.3 is 5.97 Å². The zero-order valence-electron chi connectivity index (χ0n) is 10.8. The van der Waals surface area contributed by atoms with Crippen LogP contribution in [0.25, 0.3) is 0 Å². The topological polar surface area (TPSA) is 103 Å². The Kier molecular flexibility index (Phi) is 5.00. The molecule has 0 aliphatic heterocycles. The van der Waals surface area contributed by atoms with Gasteiger partial charge in [0.15, 0.2) is 5.69 Å². The molecule has 7 nitrogen and oxygen atoms in total. The number of ether oxygens (including phenoxy) is 1. The third-order valence-corrected chi connectivity index (χ3v) is 3.22. The molecule has 1 heterocycles. The summed E-state index contributed by atoms with van der Waals surface area (Å²) in [5.41, 5.74) is 5.71. The maximum absolute atomic E-state index is 10.9. The predicted octanol–water partition coefficient (Wildman–Crippen LogP) is 1.82. The molecule has 0 aliphatic carbocycles. The van der Waals surface area contributed by atoms with Gasteiger partial charge in [-0.25, -0.2) is 9.48 Å². The summed E-state index contributed by atoms with van der Waals surface area (Å²) in [6.45, 7) is 0.554. The predicted molar refractivity (Wildman–Crippen MR) is 76.8 cm³/mol. The van der Waals surface area contributed by atoms with E-state index >= 15 is 0 Å². The summed E-state index contributed by atoms with van der Waals surface area (Å²) in [5.74, 6) is -0.683. The van der Waals surface area contributed by atoms with Crippen LogP contribution in [0.3, 0.4) is 0 Å². The monoisotopic (exact) mass is 330 g/mol. The lowest BCUT2D eigenvalue weighted by molar-refractivity contribution is 0.0689. The average Bonchev–Trinajstić information content (AvgIpc) is 2.84. The minimum atomic E-state index is -1.16. The van der Waals surface area contributed by atoms with E-state index in [1.54, 1.807) is 18.2 Å². The third kappa shape index (κ3) is 3.63. The Hall–Kier alpha value is -1.83. The van der Waals surface area contributed by atoms with E-state index in [-0.39, 0.29) is 18.8 Å². The summed E-state index contributed by atoms with van der Waals surface area (Å²) in [7, 11) is 0. The first-order valence-electron chi connectivity index (χ1n) is 5.96. The molecule has 0 bridgehead atoms. The Morgan fingerprint density at radius 1 is 1.43 bits per heavy atom. The molecule has 0 atom stereocenters. The maximum Gasteiger partial charge on any atom is 0.358 e. The highest BCUT2D eigenvalue weighted by molar-refractivity contribution is 6.35. The largest absolute Gasteiger partial charge is 0.490 e. The molecule has 0 fully saturated rings. The lowest BCUT2D eigenvalue weighted by Crippen LogP contribution is -2.16. The van der Waals surface area contributed by atoms with Crippen molar-refractivity contribution in [1.29, 1.82) is 0 Å². The highest BCUT2D eigenvalue weighted by atomic mass is 35.5. The number of benzene rings is 1. The molecule has 112 valence electrons. The molecule has 0 aliphatic rings. The van der Waals surface area contributed by atoms with E-state index in [1.807, 2.05) is 0 Å². The minimum absolute atomic E-state index is 0.0241. The zero-order valence-corrected chi connectivity index (χ0v) is 12.3. The van der Waals surface area contributed by atoms with Gasteiger partial charge in [-0.15, -0.1) is 5.10 Å². The van der Waals surface area contributed by atoms with E-state index in [1.165, 1.54) is 4.68 Å². The zero-order chi connectivity index (χ0) is 15.4. The van der Waals surface area contributed by atoms with Crippen molar-refractivity contribution in [3.8, 4) is 5.75 Å². The Morgan fingerprint density at radius 2 is 2.19 bits per heavy atom. The number of aromatic nitrogens is 3. The molecule has 0 amide bonds. The molecule has 2 rings (SSSR count). The van der Waals surface area contributed by atoms with Crippen LogP contribution in [0, 0.1) is 0 Å². The number of carboxylic acid groups (broad SMARTS) is 1. The second kappa shape index (κ2) is 6.75. The van der Waals surface area contributed by atoms with Gasteiger partial charge in [0.1, 0.15) is 12.4 Å². The van der Waals surface area contributed by atoms with E-state index in [0.717, 1.165) is 0 Å². The number of carbonyl (C=O) groups is 1. The van der Waals surface area contributed by atoms with Gasteiger partial charge in [0.05, 0.1) is 17.3 Å². The van der Waals surface area contributed by atoms with E-state index in [2.05, 4.69) is 10.3 Å². The van der Waals surface area contributed by atoms with Gasteiger partial charge in [-0.05, 0) is 18.2 Å². The molecule has 0 saturated carbocycles. The van der Waals surface area contributed by atoms with E-state index in [9.17, 15) is 4.79 Å². The molecule has 1 aromatic heterocycles. The van der Waals surface area contributed by atoms with Crippen molar-refractivity contribution in [3.63, 3.8) is 0 Å². The van der Waals surface area contributed by atoms with Gasteiger partial charge in [0, 0.05) is 11.6 Å². The lowest BCUT2D eigenvalue weighted by atomic mass is 10.3. The molecule has 3 N–H and O–H groups in total. The summed E-state index contributed by atoms with van der Waals surface area (Å²) >= 11 is 11.8. The van der Waals surface area contributed by atoms with Crippen LogP contribution in [0.15, 0.2) is 18.2 Å². The summed E-state index contributed by atoms with van der Waals surface area (Å²) in [6, 6.07) is 4.88. The highest BCUT2D eigenvalue weighted by Gasteiger charge is 2.17. The highest BCUT2D eigenvalue weighted by Crippen LogP contribution is 2.27. The van der Waals surface area contributed by atoms with E-state index < -0.39 is 5.97 Å². The molecule has 1 aromatic carbocycles. The van der Waals surface area contributed by atoms with Crippen molar-refractivity contribution < 1.29 is 14.6 Å². The molecular weight excluding hydrogens is 319 g/mol. The fourth-order valence-electron chi connectivity index (χ4n) is 1.71. The number of halogens is 2. The first-order valence-corrected chi connectivity index (χ1v) is 6.72. The van der Waals surface area contributed by atoms with Gasteiger partial charge in [-0.3, -0.25) is 0 Å². The summed E-state index contributed by atoms with van der Waals surface area (Å²) in [5, 5.41) is 17.2.